The maximum atomic E-state index is 12.1. The molecule has 0 N–H and O–H groups in total. The number of anilines is 1. The lowest BCUT2D eigenvalue weighted by Gasteiger charge is -2.35. The highest BCUT2D eigenvalue weighted by molar-refractivity contribution is 6.28. The van der Waals surface area contributed by atoms with E-state index in [1.165, 1.54) is 6.42 Å². The monoisotopic (exact) mass is 251 g/mol. The molecule has 1 aromatic rings. The first-order valence-corrected chi connectivity index (χ1v) is 6.44. The summed E-state index contributed by atoms with van der Waals surface area (Å²) >= 11 is 5.85. The molecule has 0 radical (unpaired) electrons. The Morgan fingerprint density at radius 3 is 3.12 bits per heavy atom. The van der Waals surface area contributed by atoms with Crippen LogP contribution in [-0.4, -0.2) is 28.3 Å². The molecule has 0 saturated carbocycles. The lowest BCUT2D eigenvalue weighted by atomic mass is 9.96. The molecular weight excluding hydrogens is 238 g/mol. The molecule has 1 saturated heterocycles. The molecular formula is C12H14ClN3O. The van der Waals surface area contributed by atoms with Crippen LogP contribution in [0.2, 0.25) is 5.28 Å². The third-order valence-electron chi connectivity index (χ3n) is 3.57. The van der Waals surface area contributed by atoms with E-state index in [1.807, 2.05) is 0 Å². The Kier molecular flexibility index (Phi) is 2.74. The van der Waals surface area contributed by atoms with Gasteiger partial charge in [-0.2, -0.15) is 0 Å². The van der Waals surface area contributed by atoms with Crippen LogP contribution in [0, 0.1) is 0 Å². The Morgan fingerprint density at radius 1 is 1.35 bits per heavy atom. The van der Waals surface area contributed by atoms with Crippen molar-refractivity contribution in [3.8, 4) is 0 Å². The smallest absolute Gasteiger partial charge is 0.224 e. The molecule has 1 fully saturated rings. The molecule has 3 heterocycles. The summed E-state index contributed by atoms with van der Waals surface area (Å²) in [6.45, 7) is 0.900. The minimum atomic E-state index is 0.0102. The molecule has 1 aromatic heterocycles. The van der Waals surface area contributed by atoms with E-state index in [9.17, 15) is 4.79 Å². The van der Waals surface area contributed by atoms with Gasteiger partial charge in [0.2, 0.25) is 5.28 Å². The number of Topliss-reactive ketones (excluding diaryl/α,β-unsaturated/α-hetero) is 1. The average Bonchev–Trinajstić information content (AvgIpc) is 2.56. The molecule has 2 aliphatic rings. The molecule has 0 aliphatic carbocycles. The van der Waals surface area contributed by atoms with Crippen LogP contribution in [0.4, 0.5) is 5.82 Å². The Balaban J connectivity index is 2.05. The molecule has 2 aliphatic heterocycles. The molecule has 0 bridgehead atoms. The maximum absolute atomic E-state index is 12.1. The average molecular weight is 252 g/mol. The van der Waals surface area contributed by atoms with Gasteiger partial charge in [-0.25, -0.2) is 9.97 Å². The van der Waals surface area contributed by atoms with Gasteiger partial charge in [0.15, 0.2) is 5.78 Å². The van der Waals surface area contributed by atoms with Crippen molar-refractivity contribution in [2.75, 3.05) is 11.4 Å². The second kappa shape index (κ2) is 4.26. The van der Waals surface area contributed by atoms with Gasteiger partial charge in [-0.05, 0) is 24.4 Å². The zero-order valence-electron chi connectivity index (χ0n) is 9.53. The van der Waals surface area contributed by atoms with Crippen molar-refractivity contribution < 1.29 is 4.79 Å². The van der Waals surface area contributed by atoms with Crippen LogP contribution >= 0.6 is 11.6 Å². The van der Waals surface area contributed by atoms with Gasteiger partial charge in [-0.3, -0.25) is 4.79 Å². The molecule has 3 rings (SSSR count). The number of rotatable bonds is 0. The minimum Gasteiger partial charge on any atom is -0.346 e. The minimum absolute atomic E-state index is 0.0102. The quantitative estimate of drug-likeness (QED) is 0.662. The number of ketones is 1. The molecule has 1 atom stereocenters. The second-order valence-electron chi connectivity index (χ2n) is 4.69. The normalized spacial score (nSPS) is 23.9. The highest BCUT2D eigenvalue weighted by atomic mass is 35.5. The third-order valence-corrected chi connectivity index (χ3v) is 3.76. The van der Waals surface area contributed by atoms with Gasteiger partial charge < -0.3 is 4.90 Å². The fourth-order valence-corrected chi connectivity index (χ4v) is 2.88. The highest BCUT2D eigenvalue weighted by Gasteiger charge is 2.34. The number of hydrogen-bond donors (Lipinski definition) is 0. The van der Waals surface area contributed by atoms with Crippen LogP contribution in [0.3, 0.4) is 0 Å². The van der Waals surface area contributed by atoms with Crippen LogP contribution in [-0.2, 0) is 11.2 Å². The lowest BCUT2D eigenvalue weighted by molar-refractivity contribution is -0.120. The van der Waals surface area contributed by atoms with Gasteiger partial charge in [0.25, 0.3) is 0 Å². The van der Waals surface area contributed by atoms with E-state index < -0.39 is 0 Å². The second-order valence-corrected chi connectivity index (χ2v) is 5.03. The summed E-state index contributed by atoms with van der Waals surface area (Å²) in [6, 6.07) is 0.0102. The molecule has 5 heteroatoms. The van der Waals surface area contributed by atoms with E-state index >= 15 is 0 Å². The fraction of sp³-hybridized carbons (Fsp3) is 0.583. The zero-order valence-corrected chi connectivity index (χ0v) is 10.3. The van der Waals surface area contributed by atoms with Crippen molar-refractivity contribution in [3.05, 3.63) is 17.0 Å². The zero-order chi connectivity index (χ0) is 11.8. The molecule has 4 nitrogen and oxygen atoms in total. The highest BCUT2D eigenvalue weighted by Crippen LogP contribution is 2.31. The van der Waals surface area contributed by atoms with E-state index in [0.717, 1.165) is 37.2 Å². The van der Waals surface area contributed by atoms with Crippen molar-refractivity contribution in [3.63, 3.8) is 0 Å². The van der Waals surface area contributed by atoms with Crippen molar-refractivity contribution in [1.82, 2.24) is 9.97 Å². The molecule has 0 amide bonds. The van der Waals surface area contributed by atoms with Gasteiger partial charge in [0, 0.05) is 24.7 Å². The first-order chi connectivity index (χ1) is 8.25. The van der Waals surface area contributed by atoms with Gasteiger partial charge in [0.05, 0.1) is 6.04 Å². The summed E-state index contributed by atoms with van der Waals surface area (Å²) in [4.78, 5) is 22.5. The summed E-state index contributed by atoms with van der Waals surface area (Å²) in [5.41, 5.74) is 0.914. The third kappa shape index (κ3) is 1.90. The maximum Gasteiger partial charge on any atom is 0.224 e. The Hall–Kier alpha value is -1.16. The molecule has 17 heavy (non-hydrogen) atoms. The van der Waals surface area contributed by atoms with Crippen molar-refractivity contribution in [1.29, 1.82) is 0 Å². The number of carbonyl (C=O) groups is 1. The number of fused-ring (bicyclic) bond motifs is 3. The number of halogens is 1. The summed E-state index contributed by atoms with van der Waals surface area (Å²) in [6.07, 6.45) is 6.51. The fourth-order valence-electron chi connectivity index (χ4n) is 2.75. The number of aromatic nitrogens is 2. The van der Waals surface area contributed by atoms with Crippen molar-refractivity contribution in [2.45, 2.75) is 38.1 Å². The van der Waals surface area contributed by atoms with E-state index in [1.54, 1.807) is 6.20 Å². The Bertz CT molecular complexity index is 463. The predicted molar refractivity (Wildman–Crippen MR) is 65.4 cm³/mol. The summed E-state index contributed by atoms with van der Waals surface area (Å²) in [5.74, 6) is 1.17. The SMILES string of the molecule is O=C1Cc2cnc(Cl)nc2N2CCCCCC12. The molecule has 0 spiro atoms. The van der Waals surface area contributed by atoms with E-state index in [0.29, 0.717) is 12.2 Å². The number of hydrogen-bond acceptors (Lipinski definition) is 4. The van der Waals surface area contributed by atoms with Crippen molar-refractivity contribution >= 4 is 23.2 Å². The molecule has 90 valence electrons. The first-order valence-electron chi connectivity index (χ1n) is 6.06. The summed E-state index contributed by atoms with van der Waals surface area (Å²) < 4.78 is 0. The van der Waals surface area contributed by atoms with Crippen LogP contribution in [0.5, 0.6) is 0 Å². The Labute approximate surface area is 105 Å². The number of carbonyl (C=O) groups excluding carboxylic acids is 1. The van der Waals surface area contributed by atoms with Gasteiger partial charge in [-0.1, -0.05) is 12.8 Å². The van der Waals surface area contributed by atoms with Crippen LogP contribution in [0.15, 0.2) is 6.20 Å². The first kappa shape index (κ1) is 11.0. The summed E-state index contributed by atoms with van der Waals surface area (Å²) in [7, 11) is 0. The summed E-state index contributed by atoms with van der Waals surface area (Å²) in [5, 5.41) is 0.265. The van der Waals surface area contributed by atoms with Crippen LogP contribution in [0.25, 0.3) is 0 Å². The van der Waals surface area contributed by atoms with Crippen LogP contribution < -0.4 is 4.90 Å². The molecule has 0 aromatic carbocycles. The van der Waals surface area contributed by atoms with Gasteiger partial charge in [-0.15, -0.1) is 0 Å². The standard InChI is InChI=1S/C12H14ClN3O/c13-12-14-7-8-6-10(17)9-4-2-1-3-5-16(9)11(8)15-12/h7,9H,1-6H2. The molecule has 1 unspecified atom stereocenters. The topological polar surface area (TPSA) is 46.1 Å². The van der Waals surface area contributed by atoms with E-state index in [2.05, 4.69) is 14.9 Å². The van der Waals surface area contributed by atoms with Gasteiger partial charge in [0.1, 0.15) is 5.82 Å². The van der Waals surface area contributed by atoms with Crippen molar-refractivity contribution in [2.24, 2.45) is 0 Å². The number of nitrogens with zero attached hydrogens (tertiary/aromatic N) is 3. The predicted octanol–water partition coefficient (Wildman–Crippen LogP) is 2.00. The lowest BCUT2D eigenvalue weighted by Crippen LogP contribution is -2.46. The largest absolute Gasteiger partial charge is 0.346 e. The van der Waals surface area contributed by atoms with Crippen LogP contribution in [0.1, 0.15) is 31.2 Å². The van der Waals surface area contributed by atoms with E-state index in [-0.39, 0.29) is 11.3 Å². The Morgan fingerprint density at radius 2 is 2.24 bits per heavy atom. The van der Waals surface area contributed by atoms with E-state index in [4.69, 9.17) is 11.6 Å². The van der Waals surface area contributed by atoms with Gasteiger partial charge >= 0.3 is 0 Å².